The molecule has 0 radical (unpaired) electrons. The maximum Gasteiger partial charge on any atom is 0.0991 e. The quantitative estimate of drug-likeness (QED) is 0.808. The summed E-state index contributed by atoms with van der Waals surface area (Å²) < 4.78 is 4.93. The zero-order chi connectivity index (χ0) is 11.1. The van der Waals surface area contributed by atoms with Gasteiger partial charge in [-0.05, 0) is 23.3 Å². The Morgan fingerprint density at radius 1 is 1.60 bits per heavy atom. The fourth-order valence-electron chi connectivity index (χ4n) is 1.25. The average Bonchev–Trinajstić information content (AvgIpc) is 2.29. The molecule has 1 aromatic rings. The monoisotopic (exact) mass is 203 g/mol. The Labute approximate surface area is 89.2 Å². The molecule has 0 fully saturated rings. The molecule has 0 aliphatic heterocycles. The second kappa shape index (κ2) is 5.97. The fraction of sp³-hybridized carbons (Fsp3) is 0.250. The molecule has 3 nitrogen and oxygen atoms in total. The summed E-state index contributed by atoms with van der Waals surface area (Å²) in [4.78, 5) is 0. The van der Waals surface area contributed by atoms with Crippen molar-refractivity contribution in [2.75, 3.05) is 20.3 Å². The molecule has 1 N–H and O–H groups in total. The molecule has 0 spiro atoms. The molecule has 0 saturated carbocycles. The van der Waals surface area contributed by atoms with Crippen LogP contribution in [0, 0.1) is 11.3 Å². The maximum absolute atomic E-state index is 9.03. The van der Waals surface area contributed by atoms with E-state index in [2.05, 4.69) is 6.07 Å². The third-order valence-electron chi connectivity index (χ3n) is 1.92. The molecule has 0 bridgehead atoms. The van der Waals surface area contributed by atoms with Gasteiger partial charge in [0.15, 0.2) is 0 Å². The van der Waals surface area contributed by atoms with Crippen molar-refractivity contribution in [1.29, 1.82) is 5.26 Å². The molecule has 78 valence electrons. The highest BCUT2D eigenvalue weighted by atomic mass is 16.5. The number of rotatable bonds is 4. The van der Waals surface area contributed by atoms with Gasteiger partial charge < -0.3 is 9.84 Å². The first-order valence-corrected chi connectivity index (χ1v) is 4.59. The molecular weight excluding hydrogens is 190 g/mol. The lowest BCUT2D eigenvalue weighted by Gasteiger charge is -2.02. The first kappa shape index (κ1) is 11.4. The van der Waals surface area contributed by atoms with Crippen molar-refractivity contribution in [3.8, 4) is 6.07 Å². The van der Waals surface area contributed by atoms with E-state index >= 15 is 0 Å². The van der Waals surface area contributed by atoms with Crippen molar-refractivity contribution in [1.82, 2.24) is 0 Å². The lowest BCUT2D eigenvalue weighted by molar-refractivity contribution is 0.208. The Morgan fingerprint density at radius 2 is 2.40 bits per heavy atom. The number of aliphatic hydroxyl groups excluding tert-OH is 1. The SMILES string of the molecule is COC/C(=C\c1cccc(C#N)c1)CO. The van der Waals surface area contributed by atoms with Crippen molar-refractivity contribution in [2.45, 2.75) is 0 Å². The summed E-state index contributed by atoms with van der Waals surface area (Å²) in [6.07, 6.45) is 1.82. The molecule has 0 atom stereocenters. The lowest BCUT2D eigenvalue weighted by Crippen LogP contribution is -1.98. The fourth-order valence-corrected chi connectivity index (χ4v) is 1.25. The van der Waals surface area contributed by atoms with Gasteiger partial charge in [-0.2, -0.15) is 5.26 Å². The third kappa shape index (κ3) is 3.55. The maximum atomic E-state index is 9.03. The molecule has 0 heterocycles. The third-order valence-corrected chi connectivity index (χ3v) is 1.92. The molecule has 15 heavy (non-hydrogen) atoms. The number of aliphatic hydroxyl groups is 1. The van der Waals surface area contributed by atoms with E-state index in [1.165, 1.54) is 0 Å². The van der Waals surface area contributed by atoms with Crippen LogP contribution in [-0.4, -0.2) is 25.4 Å². The van der Waals surface area contributed by atoms with Crippen LogP contribution >= 0.6 is 0 Å². The highest BCUT2D eigenvalue weighted by molar-refractivity contribution is 5.55. The van der Waals surface area contributed by atoms with Crippen molar-refractivity contribution in [3.05, 3.63) is 41.0 Å². The zero-order valence-electron chi connectivity index (χ0n) is 8.60. The summed E-state index contributed by atoms with van der Waals surface area (Å²) >= 11 is 0. The van der Waals surface area contributed by atoms with Crippen LogP contribution in [0.1, 0.15) is 11.1 Å². The molecule has 0 aliphatic carbocycles. The van der Waals surface area contributed by atoms with Crippen LogP contribution in [0.5, 0.6) is 0 Å². The van der Waals surface area contributed by atoms with Gasteiger partial charge in [-0.1, -0.05) is 18.2 Å². The number of nitrogens with zero attached hydrogens (tertiary/aromatic N) is 1. The van der Waals surface area contributed by atoms with E-state index in [0.29, 0.717) is 12.2 Å². The minimum Gasteiger partial charge on any atom is -0.392 e. The largest absolute Gasteiger partial charge is 0.392 e. The second-order valence-electron chi connectivity index (χ2n) is 3.13. The first-order chi connectivity index (χ1) is 7.30. The Hall–Kier alpha value is -1.63. The van der Waals surface area contributed by atoms with Gasteiger partial charge in [0, 0.05) is 7.11 Å². The van der Waals surface area contributed by atoms with Gasteiger partial charge in [-0.15, -0.1) is 0 Å². The van der Waals surface area contributed by atoms with Crippen LogP contribution in [0.25, 0.3) is 6.08 Å². The molecule has 0 amide bonds. The van der Waals surface area contributed by atoms with E-state index in [-0.39, 0.29) is 6.61 Å². The van der Waals surface area contributed by atoms with E-state index in [9.17, 15) is 0 Å². The Bertz CT molecular complexity index is 391. The number of ether oxygens (including phenoxy) is 1. The van der Waals surface area contributed by atoms with Crippen molar-refractivity contribution >= 4 is 6.08 Å². The van der Waals surface area contributed by atoms with Crippen LogP contribution in [0.15, 0.2) is 29.8 Å². The van der Waals surface area contributed by atoms with Gasteiger partial charge in [-0.3, -0.25) is 0 Å². The molecule has 0 saturated heterocycles. The van der Waals surface area contributed by atoms with E-state index in [0.717, 1.165) is 11.1 Å². The normalized spacial score (nSPS) is 11.1. The summed E-state index contributed by atoms with van der Waals surface area (Å²) in [5.74, 6) is 0. The summed E-state index contributed by atoms with van der Waals surface area (Å²) in [5, 5.41) is 17.7. The smallest absolute Gasteiger partial charge is 0.0991 e. The van der Waals surface area contributed by atoms with Crippen LogP contribution in [0.4, 0.5) is 0 Å². The molecular formula is C12H13NO2. The van der Waals surface area contributed by atoms with E-state index < -0.39 is 0 Å². The number of methoxy groups -OCH3 is 1. The lowest BCUT2D eigenvalue weighted by atomic mass is 10.1. The van der Waals surface area contributed by atoms with E-state index in [1.807, 2.05) is 18.2 Å². The molecule has 0 aromatic heterocycles. The van der Waals surface area contributed by atoms with E-state index in [1.54, 1.807) is 19.2 Å². The highest BCUT2D eigenvalue weighted by Gasteiger charge is 1.96. The second-order valence-corrected chi connectivity index (χ2v) is 3.13. The number of hydrogen-bond donors (Lipinski definition) is 1. The summed E-state index contributed by atoms with van der Waals surface area (Å²) in [7, 11) is 1.58. The zero-order valence-corrected chi connectivity index (χ0v) is 8.60. The van der Waals surface area contributed by atoms with Crippen molar-refractivity contribution < 1.29 is 9.84 Å². The first-order valence-electron chi connectivity index (χ1n) is 4.59. The molecule has 1 aromatic carbocycles. The number of nitriles is 1. The summed E-state index contributed by atoms with van der Waals surface area (Å²) in [6.45, 7) is 0.359. The van der Waals surface area contributed by atoms with Gasteiger partial charge in [0.1, 0.15) is 0 Å². The van der Waals surface area contributed by atoms with Gasteiger partial charge in [0.25, 0.3) is 0 Å². The Morgan fingerprint density at radius 3 is 3.00 bits per heavy atom. The molecule has 0 aliphatic rings. The number of benzene rings is 1. The van der Waals surface area contributed by atoms with Crippen LogP contribution in [0.3, 0.4) is 0 Å². The molecule has 1 rings (SSSR count). The van der Waals surface area contributed by atoms with Gasteiger partial charge in [0.05, 0.1) is 24.8 Å². The molecule has 3 heteroatoms. The highest BCUT2D eigenvalue weighted by Crippen LogP contribution is 2.09. The number of hydrogen-bond acceptors (Lipinski definition) is 3. The van der Waals surface area contributed by atoms with Crippen molar-refractivity contribution in [3.63, 3.8) is 0 Å². The standard InChI is InChI=1S/C12H13NO2/c1-15-9-12(8-14)6-10-3-2-4-11(5-10)7-13/h2-6,14H,8-9H2,1H3/b12-6-. The Balaban J connectivity index is 2.91. The van der Waals surface area contributed by atoms with Crippen LogP contribution in [-0.2, 0) is 4.74 Å². The average molecular weight is 203 g/mol. The molecule has 0 unspecified atom stereocenters. The summed E-state index contributed by atoms with van der Waals surface area (Å²) in [5.41, 5.74) is 2.29. The van der Waals surface area contributed by atoms with E-state index in [4.69, 9.17) is 15.1 Å². The van der Waals surface area contributed by atoms with Crippen LogP contribution in [0.2, 0.25) is 0 Å². The summed E-state index contributed by atoms with van der Waals surface area (Å²) in [6, 6.07) is 9.27. The van der Waals surface area contributed by atoms with Crippen LogP contribution < -0.4 is 0 Å². The van der Waals surface area contributed by atoms with Crippen molar-refractivity contribution in [2.24, 2.45) is 0 Å². The predicted molar refractivity (Wildman–Crippen MR) is 58.1 cm³/mol. The van der Waals surface area contributed by atoms with Gasteiger partial charge in [-0.25, -0.2) is 0 Å². The minimum absolute atomic E-state index is 0.0371. The van der Waals surface area contributed by atoms with Gasteiger partial charge in [0.2, 0.25) is 0 Å². The Kier molecular flexibility index (Phi) is 4.55. The minimum atomic E-state index is -0.0371. The topological polar surface area (TPSA) is 53.2 Å². The van der Waals surface area contributed by atoms with Gasteiger partial charge >= 0.3 is 0 Å². The predicted octanol–water partition coefficient (Wildman–Crippen LogP) is 1.58.